The number of amides is 1. The molecule has 40 heavy (non-hydrogen) atoms. The standard InChI is InChI=1S/C32H41FN4O3/c1-21-27(15-23(16-29(21)33)30(39)34-25-7-8-25)22-6-9-26-28(14-22)24(17-36-11-5-10-35(4)12-13-36)18-37(31(26)40)19-32(2,3)20-38/h6,9,14-16,18,25,38H,5,7-8,10-13,17,19-20H2,1-4H3,(H,34,39). The van der Waals surface area contributed by atoms with Crippen molar-refractivity contribution in [2.45, 2.75) is 59.2 Å². The minimum Gasteiger partial charge on any atom is -0.396 e. The Bertz CT molecular complexity index is 1480. The van der Waals surface area contributed by atoms with E-state index in [4.69, 9.17) is 0 Å². The maximum atomic E-state index is 15.1. The molecule has 2 heterocycles. The number of rotatable bonds is 8. The van der Waals surface area contributed by atoms with Crippen LogP contribution in [0.4, 0.5) is 4.39 Å². The van der Waals surface area contributed by atoms with Crippen LogP contribution in [0, 0.1) is 18.2 Å². The van der Waals surface area contributed by atoms with E-state index in [1.807, 2.05) is 38.2 Å². The molecule has 1 aliphatic carbocycles. The second kappa shape index (κ2) is 11.4. The molecule has 2 aliphatic rings. The zero-order chi connectivity index (χ0) is 28.6. The fraction of sp³-hybridized carbons (Fsp3) is 0.500. The zero-order valence-electron chi connectivity index (χ0n) is 24.1. The summed E-state index contributed by atoms with van der Waals surface area (Å²) in [6.07, 6.45) is 4.93. The van der Waals surface area contributed by atoms with Gasteiger partial charge in [0.1, 0.15) is 5.82 Å². The van der Waals surface area contributed by atoms with Crippen molar-refractivity contribution >= 4 is 16.7 Å². The van der Waals surface area contributed by atoms with Gasteiger partial charge < -0.3 is 19.9 Å². The third-order valence-corrected chi connectivity index (χ3v) is 8.23. The highest BCUT2D eigenvalue weighted by Gasteiger charge is 2.25. The Balaban J connectivity index is 1.60. The number of fused-ring (bicyclic) bond motifs is 1. The minimum absolute atomic E-state index is 0.0281. The van der Waals surface area contributed by atoms with Gasteiger partial charge in [0.05, 0.1) is 0 Å². The molecule has 1 aliphatic heterocycles. The highest BCUT2D eigenvalue weighted by atomic mass is 19.1. The molecule has 2 aromatic carbocycles. The number of aliphatic hydroxyl groups is 1. The predicted molar refractivity (Wildman–Crippen MR) is 157 cm³/mol. The molecule has 0 radical (unpaired) electrons. The fourth-order valence-electron chi connectivity index (χ4n) is 5.49. The first-order chi connectivity index (χ1) is 19.0. The lowest BCUT2D eigenvalue weighted by Crippen LogP contribution is -2.32. The van der Waals surface area contributed by atoms with E-state index in [0.717, 1.165) is 62.0 Å². The Morgan fingerprint density at radius 2 is 1.88 bits per heavy atom. The largest absolute Gasteiger partial charge is 0.396 e. The Hall–Kier alpha value is -3.07. The molecule has 3 aromatic rings. The van der Waals surface area contributed by atoms with Crippen LogP contribution in [-0.2, 0) is 13.1 Å². The summed E-state index contributed by atoms with van der Waals surface area (Å²) in [5.74, 6) is -0.682. The van der Waals surface area contributed by atoms with Gasteiger partial charge in [0, 0.05) is 61.4 Å². The van der Waals surface area contributed by atoms with Crippen molar-refractivity contribution in [3.05, 3.63) is 69.4 Å². The number of halogens is 1. The monoisotopic (exact) mass is 548 g/mol. The molecule has 7 nitrogen and oxygen atoms in total. The third-order valence-electron chi connectivity index (χ3n) is 8.23. The molecule has 0 unspecified atom stereocenters. The van der Waals surface area contributed by atoms with E-state index in [1.54, 1.807) is 17.6 Å². The lowest BCUT2D eigenvalue weighted by atomic mass is 9.93. The van der Waals surface area contributed by atoms with Crippen LogP contribution in [0.1, 0.15) is 54.6 Å². The van der Waals surface area contributed by atoms with Gasteiger partial charge >= 0.3 is 0 Å². The van der Waals surface area contributed by atoms with E-state index in [0.29, 0.717) is 35.2 Å². The summed E-state index contributed by atoms with van der Waals surface area (Å²) >= 11 is 0. The van der Waals surface area contributed by atoms with Gasteiger partial charge in [0.15, 0.2) is 0 Å². The Morgan fingerprint density at radius 1 is 1.10 bits per heavy atom. The molecule has 214 valence electrons. The average molecular weight is 549 g/mol. The number of pyridine rings is 1. The first-order valence-electron chi connectivity index (χ1n) is 14.3. The van der Waals surface area contributed by atoms with Crippen LogP contribution in [0.15, 0.2) is 41.3 Å². The maximum Gasteiger partial charge on any atom is 0.258 e. The molecule has 5 rings (SSSR count). The average Bonchev–Trinajstić information content (AvgIpc) is 3.76. The van der Waals surface area contributed by atoms with Gasteiger partial charge in [-0.2, -0.15) is 0 Å². The molecule has 1 aromatic heterocycles. The SMILES string of the molecule is Cc1c(F)cc(C(=O)NC2CC2)cc1-c1ccc2c(=O)n(CC(C)(C)CO)cc(CN3CCCN(C)CC3)c2c1. The van der Waals surface area contributed by atoms with Gasteiger partial charge in [-0.05, 0) is 98.2 Å². The van der Waals surface area contributed by atoms with Gasteiger partial charge in [-0.25, -0.2) is 4.39 Å². The second-order valence-electron chi connectivity index (χ2n) is 12.5. The summed E-state index contributed by atoms with van der Waals surface area (Å²) < 4.78 is 16.8. The van der Waals surface area contributed by atoms with E-state index >= 15 is 4.39 Å². The van der Waals surface area contributed by atoms with Crippen LogP contribution in [0.3, 0.4) is 0 Å². The number of aromatic nitrogens is 1. The Morgan fingerprint density at radius 3 is 2.60 bits per heavy atom. The van der Waals surface area contributed by atoms with Crippen LogP contribution in [-0.4, -0.2) is 71.3 Å². The molecule has 0 spiro atoms. The number of carbonyl (C=O) groups excluding carboxylic acids is 1. The molecule has 1 saturated heterocycles. The second-order valence-corrected chi connectivity index (χ2v) is 12.5. The van der Waals surface area contributed by atoms with Gasteiger partial charge in [-0.3, -0.25) is 14.5 Å². The van der Waals surface area contributed by atoms with E-state index in [-0.39, 0.29) is 24.1 Å². The van der Waals surface area contributed by atoms with Crippen molar-refractivity contribution in [2.75, 3.05) is 39.8 Å². The predicted octanol–water partition coefficient (Wildman–Crippen LogP) is 4.16. The first-order valence-corrected chi connectivity index (χ1v) is 14.3. The summed E-state index contributed by atoms with van der Waals surface area (Å²) in [7, 11) is 2.14. The summed E-state index contributed by atoms with van der Waals surface area (Å²) in [5, 5.41) is 14.3. The summed E-state index contributed by atoms with van der Waals surface area (Å²) in [6.45, 7) is 10.6. The molecule has 2 N–H and O–H groups in total. The molecule has 1 saturated carbocycles. The fourth-order valence-corrected chi connectivity index (χ4v) is 5.49. The van der Waals surface area contributed by atoms with Gasteiger partial charge in [0.25, 0.3) is 11.5 Å². The summed E-state index contributed by atoms with van der Waals surface area (Å²) in [4.78, 5) is 31.1. The number of aliphatic hydroxyl groups excluding tert-OH is 1. The molecular formula is C32H41FN4O3. The number of nitrogens with one attached hydrogen (secondary N) is 1. The van der Waals surface area contributed by atoms with Crippen LogP contribution >= 0.6 is 0 Å². The lowest BCUT2D eigenvalue weighted by molar-refractivity contribution is 0.0950. The zero-order valence-corrected chi connectivity index (χ0v) is 24.1. The van der Waals surface area contributed by atoms with Crippen LogP contribution in [0.25, 0.3) is 21.9 Å². The van der Waals surface area contributed by atoms with Gasteiger partial charge in [0.2, 0.25) is 0 Å². The van der Waals surface area contributed by atoms with Crippen molar-refractivity contribution in [1.29, 1.82) is 0 Å². The number of hydrogen-bond donors (Lipinski definition) is 2. The summed E-state index contributed by atoms with van der Waals surface area (Å²) in [6, 6.07) is 8.89. The van der Waals surface area contributed by atoms with E-state index in [1.165, 1.54) is 6.07 Å². The number of nitrogens with zero attached hydrogens (tertiary/aromatic N) is 3. The van der Waals surface area contributed by atoms with Crippen molar-refractivity contribution in [2.24, 2.45) is 5.41 Å². The summed E-state index contributed by atoms with van der Waals surface area (Å²) in [5.41, 5.74) is 2.66. The highest BCUT2D eigenvalue weighted by Crippen LogP contribution is 2.31. The first kappa shape index (κ1) is 28.5. The number of carbonyl (C=O) groups is 1. The number of hydrogen-bond acceptors (Lipinski definition) is 5. The van der Waals surface area contributed by atoms with E-state index in [9.17, 15) is 14.7 Å². The smallest absolute Gasteiger partial charge is 0.258 e. The minimum atomic E-state index is -0.448. The van der Waals surface area contributed by atoms with Crippen LogP contribution in [0.2, 0.25) is 0 Å². The van der Waals surface area contributed by atoms with Crippen molar-refractivity contribution in [3.8, 4) is 11.1 Å². The van der Waals surface area contributed by atoms with Crippen molar-refractivity contribution < 1.29 is 14.3 Å². The molecular weight excluding hydrogens is 507 g/mol. The molecule has 8 heteroatoms. The quantitative estimate of drug-likeness (QED) is 0.442. The Labute approximate surface area is 235 Å². The van der Waals surface area contributed by atoms with Gasteiger partial charge in [-0.1, -0.05) is 19.9 Å². The van der Waals surface area contributed by atoms with E-state index < -0.39 is 11.2 Å². The van der Waals surface area contributed by atoms with E-state index in [2.05, 4.69) is 22.2 Å². The Kier molecular flexibility index (Phi) is 8.13. The number of likely N-dealkylation sites (N-methyl/N-ethyl adjacent to an activating group) is 1. The molecule has 0 atom stereocenters. The van der Waals surface area contributed by atoms with Crippen LogP contribution < -0.4 is 10.9 Å². The van der Waals surface area contributed by atoms with Crippen molar-refractivity contribution in [1.82, 2.24) is 19.7 Å². The van der Waals surface area contributed by atoms with Crippen molar-refractivity contribution in [3.63, 3.8) is 0 Å². The molecule has 0 bridgehead atoms. The molecule has 2 fully saturated rings. The normalized spacial score (nSPS) is 17.2. The molecule has 1 amide bonds. The van der Waals surface area contributed by atoms with Gasteiger partial charge in [-0.15, -0.1) is 0 Å². The number of benzene rings is 2. The maximum absolute atomic E-state index is 15.1. The topological polar surface area (TPSA) is 77.8 Å². The third kappa shape index (κ3) is 6.29. The lowest BCUT2D eigenvalue weighted by Gasteiger charge is -2.25. The van der Waals surface area contributed by atoms with Crippen LogP contribution in [0.5, 0.6) is 0 Å². The highest BCUT2D eigenvalue weighted by molar-refractivity contribution is 5.97.